The molecule has 0 radical (unpaired) electrons. The van der Waals surface area contributed by atoms with E-state index in [4.69, 9.17) is 11.3 Å². The monoisotopic (exact) mass is 162 g/mol. The van der Waals surface area contributed by atoms with Crippen LogP contribution in [-0.4, -0.2) is 11.6 Å². The normalized spacial score (nSPS) is 9.00. The van der Waals surface area contributed by atoms with Crippen molar-refractivity contribution < 1.29 is 4.84 Å². The third-order valence-electron chi connectivity index (χ3n) is 1.24. The van der Waals surface area contributed by atoms with E-state index >= 15 is 0 Å². The van der Waals surface area contributed by atoms with Crippen LogP contribution in [0.25, 0.3) is 0 Å². The van der Waals surface area contributed by atoms with Gasteiger partial charge in [0.1, 0.15) is 12.4 Å². The largest absolute Gasteiger partial charge is 0.262 e. The molecule has 1 aromatic heterocycles. The van der Waals surface area contributed by atoms with Gasteiger partial charge >= 0.3 is 0 Å². The van der Waals surface area contributed by atoms with Crippen molar-refractivity contribution >= 4 is 5.82 Å². The van der Waals surface area contributed by atoms with E-state index in [2.05, 4.69) is 16.4 Å². The third kappa shape index (κ3) is 2.60. The lowest BCUT2D eigenvalue weighted by Crippen LogP contribution is -2.02. The van der Waals surface area contributed by atoms with Crippen LogP contribution >= 0.6 is 0 Å². The standard InChI is InChI=1S/C9H10N2O/c1-3-6-12-11-9-5-4-8(2)7-10-9/h1,4-5,7H,6H2,2H3,(H,10,11). The van der Waals surface area contributed by atoms with Crippen LogP contribution < -0.4 is 5.48 Å². The zero-order valence-corrected chi connectivity index (χ0v) is 6.87. The van der Waals surface area contributed by atoms with Gasteiger partial charge < -0.3 is 0 Å². The third-order valence-corrected chi connectivity index (χ3v) is 1.24. The lowest BCUT2D eigenvalue weighted by Gasteiger charge is -2.02. The van der Waals surface area contributed by atoms with Crippen molar-refractivity contribution in [1.29, 1.82) is 0 Å². The van der Waals surface area contributed by atoms with Gasteiger partial charge in [-0.15, -0.1) is 6.42 Å². The first-order valence-electron chi connectivity index (χ1n) is 3.57. The Hall–Kier alpha value is -1.53. The maximum Gasteiger partial charge on any atom is 0.149 e. The van der Waals surface area contributed by atoms with Crippen LogP contribution in [0.15, 0.2) is 18.3 Å². The number of terminal acetylenes is 1. The highest BCUT2D eigenvalue weighted by molar-refractivity contribution is 5.32. The van der Waals surface area contributed by atoms with Crippen molar-refractivity contribution in [3.8, 4) is 12.3 Å². The Balaban J connectivity index is 2.43. The average Bonchev–Trinajstić information content (AvgIpc) is 2.09. The van der Waals surface area contributed by atoms with Gasteiger partial charge in [0.2, 0.25) is 0 Å². The van der Waals surface area contributed by atoms with E-state index in [0.717, 1.165) is 5.56 Å². The van der Waals surface area contributed by atoms with Gasteiger partial charge in [0, 0.05) is 6.20 Å². The number of anilines is 1. The number of nitrogens with one attached hydrogen (secondary N) is 1. The fraction of sp³-hybridized carbons (Fsp3) is 0.222. The molecule has 0 aliphatic carbocycles. The highest BCUT2D eigenvalue weighted by atomic mass is 16.6. The minimum Gasteiger partial charge on any atom is -0.262 e. The second kappa shape index (κ2) is 4.37. The molecule has 0 amide bonds. The van der Waals surface area contributed by atoms with Crippen molar-refractivity contribution in [2.45, 2.75) is 6.92 Å². The van der Waals surface area contributed by atoms with Crippen LogP contribution in [0, 0.1) is 19.3 Å². The number of aromatic nitrogens is 1. The summed E-state index contributed by atoms with van der Waals surface area (Å²) in [6, 6.07) is 3.76. The number of pyridine rings is 1. The van der Waals surface area contributed by atoms with Gasteiger partial charge in [0.15, 0.2) is 0 Å². The summed E-state index contributed by atoms with van der Waals surface area (Å²) in [6.07, 6.45) is 6.73. The molecule has 12 heavy (non-hydrogen) atoms. The molecule has 1 rings (SSSR count). The van der Waals surface area contributed by atoms with Crippen molar-refractivity contribution in [3.63, 3.8) is 0 Å². The van der Waals surface area contributed by atoms with E-state index in [1.165, 1.54) is 0 Å². The van der Waals surface area contributed by atoms with Gasteiger partial charge in [-0.05, 0) is 18.6 Å². The summed E-state index contributed by atoms with van der Waals surface area (Å²) in [4.78, 5) is 8.91. The SMILES string of the molecule is C#CCONc1ccc(C)cn1. The van der Waals surface area contributed by atoms with E-state index in [-0.39, 0.29) is 6.61 Å². The molecular formula is C9H10N2O. The summed E-state index contributed by atoms with van der Waals surface area (Å²) in [5.41, 5.74) is 3.73. The average molecular weight is 162 g/mol. The summed E-state index contributed by atoms with van der Waals surface area (Å²) in [7, 11) is 0. The highest BCUT2D eigenvalue weighted by Gasteiger charge is 1.90. The van der Waals surface area contributed by atoms with E-state index in [1.807, 2.05) is 19.1 Å². The van der Waals surface area contributed by atoms with Gasteiger partial charge in [-0.3, -0.25) is 4.84 Å². The van der Waals surface area contributed by atoms with Crippen LogP contribution in [0.3, 0.4) is 0 Å². The van der Waals surface area contributed by atoms with Gasteiger partial charge in [0.25, 0.3) is 0 Å². The number of nitrogens with zero attached hydrogens (tertiary/aromatic N) is 1. The molecule has 62 valence electrons. The molecule has 0 atom stereocenters. The molecule has 0 aliphatic heterocycles. The second-order valence-electron chi connectivity index (χ2n) is 2.32. The number of rotatable bonds is 3. The number of aryl methyl sites for hydroxylation is 1. The smallest absolute Gasteiger partial charge is 0.149 e. The van der Waals surface area contributed by atoms with Crippen molar-refractivity contribution in [2.24, 2.45) is 0 Å². The van der Waals surface area contributed by atoms with E-state index in [0.29, 0.717) is 5.82 Å². The molecule has 0 bridgehead atoms. The molecular weight excluding hydrogens is 152 g/mol. The Kier molecular flexibility index (Phi) is 3.12. The number of hydrogen-bond acceptors (Lipinski definition) is 3. The first-order chi connectivity index (χ1) is 5.83. The molecule has 0 spiro atoms. The molecule has 0 unspecified atom stereocenters. The molecule has 0 aromatic carbocycles. The minimum atomic E-state index is 0.232. The molecule has 0 saturated heterocycles. The van der Waals surface area contributed by atoms with Crippen LogP contribution in [0.2, 0.25) is 0 Å². The van der Waals surface area contributed by atoms with Crippen molar-refractivity contribution in [2.75, 3.05) is 12.1 Å². The Labute approximate surface area is 71.7 Å². The van der Waals surface area contributed by atoms with Gasteiger partial charge in [-0.1, -0.05) is 12.0 Å². The summed E-state index contributed by atoms with van der Waals surface area (Å²) >= 11 is 0. The zero-order valence-electron chi connectivity index (χ0n) is 6.87. The molecule has 1 N–H and O–H groups in total. The number of hydrogen-bond donors (Lipinski definition) is 1. The van der Waals surface area contributed by atoms with Crippen LogP contribution in [-0.2, 0) is 4.84 Å². The molecule has 0 aliphatic rings. The van der Waals surface area contributed by atoms with E-state index in [9.17, 15) is 0 Å². The predicted molar refractivity (Wildman–Crippen MR) is 47.4 cm³/mol. The quantitative estimate of drug-likeness (QED) is 0.414. The Morgan fingerprint density at radius 1 is 1.67 bits per heavy atom. The van der Waals surface area contributed by atoms with Gasteiger partial charge in [-0.2, -0.15) is 0 Å². The van der Waals surface area contributed by atoms with E-state index in [1.54, 1.807) is 6.20 Å². The predicted octanol–water partition coefficient (Wildman–Crippen LogP) is 1.37. The second-order valence-corrected chi connectivity index (χ2v) is 2.32. The topological polar surface area (TPSA) is 34.1 Å². The van der Waals surface area contributed by atoms with Gasteiger partial charge in [0.05, 0.1) is 0 Å². The molecule has 1 aromatic rings. The maximum absolute atomic E-state index is 4.98. The van der Waals surface area contributed by atoms with E-state index < -0.39 is 0 Å². The summed E-state index contributed by atoms with van der Waals surface area (Å²) < 4.78 is 0. The van der Waals surface area contributed by atoms with Crippen LogP contribution in [0.1, 0.15) is 5.56 Å². The molecule has 0 saturated carbocycles. The summed E-state index contributed by atoms with van der Waals surface area (Å²) in [5, 5.41) is 0. The van der Waals surface area contributed by atoms with Crippen molar-refractivity contribution in [1.82, 2.24) is 4.98 Å². The first kappa shape index (κ1) is 8.57. The van der Waals surface area contributed by atoms with Gasteiger partial charge in [-0.25, -0.2) is 10.5 Å². The molecule has 1 heterocycles. The fourth-order valence-electron chi connectivity index (χ4n) is 0.680. The van der Waals surface area contributed by atoms with Crippen molar-refractivity contribution in [3.05, 3.63) is 23.9 Å². The van der Waals surface area contributed by atoms with Crippen LogP contribution in [0.4, 0.5) is 5.82 Å². The minimum absolute atomic E-state index is 0.232. The highest BCUT2D eigenvalue weighted by Crippen LogP contribution is 2.02. The summed E-state index contributed by atoms with van der Waals surface area (Å²) in [5.74, 6) is 3.00. The first-order valence-corrected chi connectivity index (χ1v) is 3.57. The van der Waals surface area contributed by atoms with Crippen LogP contribution in [0.5, 0.6) is 0 Å². The Morgan fingerprint density at radius 3 is 3.08 bits per heavy atom. The zero-order chi connectivity index (χ0) is 8.81. The summed E-state index contributed by atoms with van der Waals surface area (Å²) in [6.45, 7) is 2.20. The fourth-order valence-corrected chi connectivity index (χ4v) is 0.680. The molecule has 3 nitrogen and oxygen atoms in total. The molecule has 0 fully saturated rings. The lowest BCUT2D eigenvalue weighted by molar-refractivity contribution is 0.232. The Morgan fingerprint density at radius 2 is 2.50 bits per heavy atom. The molecule has 3 heteroatoms. The lowest BCUT2D eigenvalue weighted by atomic mass is 10.3. The Bertz CT molecular complexity index is 274. The maximum atomic E-state index is 4.98.